The van der Waals surface area contributed by atoms with Crippen molar-refractivity contribution in [1.29, 1.82) is 0 Å². The van der Waals surface area contributed by atoms with Crippen molar-refractivity contribution in [3.8, 4) is 0 Å². The molecule has 3 heteroatoms. The van der Waals surface area contributed by atoms with Gasteiger partial charge in [-0.2, -0.15) is 0 Å². The molecule has 0 rings (SSSR count). The van der Waals surface area contributed by atoms with E-state index in [1.165, 1.54) is 6.38 Å². The maximum atomic E-state index is 5.19. The molecule has 0 spiro atoms. The summed E-state index contributed by atoms with van der Waals surface area (Å²) in [5.74, 6) is 0. The molecule has 0 aromatic heterocycles. The summed E-state index contributed by atoms with van der Waals surface area (Å²) < 4.78 is 0. The molecule has 0 heterocycles. The van der Waals surface area contributed by atoms with Crippen LogP contribution in [0.3, 0.4) is 0 Å². The van der Waals surface area contributed by atoms with Crippen LogP contribution in [0.1, 0.15) is 0 Å². The maximum Gasteiger partial charge on any atom is 0.0108 e. The number of halogens is 1. The van der Waals surface area contributed by atoms with Gasteiger partial charge in [0, 0.05) is 19.5 Å². The Hall–Kier alpha value is 0.210. The summed E-state index contributed by atoms with van der Waals surface area (Å²) in [5, 5.41) is 0. The third-order valence-corrected chi connectivity index (χ3v) is 0.576. The SMILES string of the molecule is CCl.CN(C)CCN. The van der Waals surface area contributed by atoms with Crippen molar-refractivity contribution in [2.75, 3.05) is 33.6 Å². The largest absolute Gasteiger partial charge is 0.329 e. The molecule has 0 unspecified atom stereocenters. The van der Waals surface area contributed by atoms with Gasteiger partial charge in [0.2, 0.25) is 0 Å². The van der Waals surface area contributed by atoms with E-state index in [0.29, 0.717) is 0 Å². The highest BCUT2D eigenvalue weighted by molar-refractivity contribution is 6.15. The highest BCUT2D eigenvalue weighted by Gasteiger charge is 1.79. The normalized spacial score (nSPS) is 8.25. The molecule has 0 saturated heterocycles. The van der Waals surface area contributed by atoms with E-state index < -0.39 is 0 Å². The van der Waals surface area contributed by atoms with E-state index in [0.717, 1.165) is 13.1 Å². The molecule has 0 fully saturated rings. The second-order valence-electron chi connectivity index (χ2n) is 1.59. The Morgan fingerprint density at radius 2 is 1.75 bits per heavy atom. The number of nitrogens with two attached hydrogens (primary N) is 1. The predicted octanol–water partition coefficient (Wildman–Crippen LogP) is 0.362. The van der Waals surface area contributed by atoms with Crippen LogP contribution in [0.25, 0.3) is 0 Å². The standard InChI is InChI=1S/C4H12N2.CH3Cl/c1-6(2)4-3-5;1-2/h3-5H2,1-2H3;1H3. The van der Waals surface area contributed by atoms with E-state index in [1.54, 1.807) is 0 Å². The first-order valence-electron chi connectivity index (χ1n) is 2.50. The Bertz CT molecular complexity index is 31.6. The van der Waals surface area contributed by atoms with Crippen LogP contribution in [0.4, 0.5) is 0 Å². The Morgan fingerprint density at radius 1 is 1.38 bits per heavy atom. The van der Waals surface area contributed by atoms with Gasteiger partial charge in [-0.25, -0.2) is 0 Å². The number of hydrogen-bond acceptors (Lipinski definition) is 2. The molecule has 2 nitrogen and oxygen atoms in total. The molecular formula is C5H15ClN2. The van der Waals surface area contributed by atoms with Gasteiger partial charge in [0.15, 0.2) is 0 Å². The average Bonchev–Trinajstić information content (AvgIpc) is 1.72. The van der Waals surface area contributed by atoms with Crippen LogP contribution in [-0.4, -0.2) is 38.5 Å². The van der Waals surface area contributed by atoms with Gasteiger partial charge in [-0.15, -0.1) is 11.6 Å². The van der Waals surface area contributed by atoms with Crippen molar-refractivity contribution in [3.05, 3.63) is 0 Å². The van der Waals surface area contributed by atoms with Gasteiger partial charge in [0.05, 0.1) is 0 Å². The first-order chi connectivity index (χ1) is 3.77. The van der Waals surface area contributed by atoms with E-state index in [-0.39, 0.29) is 0 Å². The molecule has 0 aliphatic heterocycles. The van der Waals surface area contributed by atoms with Crippen LogP contribution >= 0.6 is 11.6 Å². The molecule has 0 aromatic carbocycles. The zero-order chi connectivity index (χ0) is 6.99. The lowest BCUT2D eigenvalue weighted by molar-refractivity contribution is 0.420. The summed E-state index contributed by atoms with van der Waals surface area (Å²) in [6, 6.07) is 0. The molecule has 52 valence electrons. The molecular weight excluding hydrogens is 124 g/mol. The van der Waals surface area contributed by atoms with Crippen LogP contribution < -0.4 is 5.73 Å². The van der Waals surface area contributed by atoms with Crippen LogP contribution in [-0.2, 0) is 0 Å². The van der Waals surface area contributed by atoms with Gasteiger partial charge < -0.3 is 10.6 Å². The lowest BCUT2D eigenvalue weighted by atomic mass is 10.6. The van der Waals surface area contributed by atoms with Crippen molar-refractivity contribution < 1.29 is 0 Å². The minimum absolute atomic E-state index is 0.757. The molecule has 0 aliphatic rings. The summed E-state index contributed by atoms with van der Waals surface area (Å²) in [5.41, 5.74) is 5.19. The second-order valence-corrected chi connectivity index (χ2v) is 1.59. The van der Waals surface area contributed by atoms with Crippen LogP contribution in [0, 0.1) is 0 Å². The fourth-order valence-corrected chi connectivity index (χ4v) is 0.258. The van der Waals surface area contributed by atoms with E-state index in [9.17, 15) is 0 Å². The summed E-state index contributed by atoms with van der Waals surface area (Å²) >= 11 is 4.64. The Labute approximate surface area is 56.6 Å². The lowest BCUT2D eigenvalue weighted by Crippen LogP contribution is -2.20. The van der Waals surface area contributed by atoms with Gasteiger partial charge in [-0.05, 0) is 14.1 Å². The van der Waals surface area contributed by atoms with Crippen LogP contribution in [0.2, 0.25) is 0 Å². The average molecular weight is 139 g/mol. The Balaban J connectivity index is 0. The third-order valence-electron chi connectivity index (χ3n) is 0.576. The number of nitrogens with zero attached hydrogens (tertiary/aromatic N) is 1. The zero-order valence-corrected chi connectivity index (χ0v) is 6.57. The fourth-order valence-electron chi connectivity index (χ4n) is 0.258. The predicted molar refractivity (Wildman–Crippen MR) is 39.4 cm³/mol. The van der Waals surface area contributed by atoms with Crippen molar-refractivity contribution >= 4 is 11.6 Å². The quantitative estimate of drug-likeness (QED) is 0.559. The first kappa shape index (κ1) is 11.1. The molecule has 0 bridgehead atoms. The van der Waals surface area contributed by atoms with Gasteiger partial charge >= 0.3 is 0 Å². The van der Waals surface area contributed by atoms with Crippen molar-refractivity contribution in [3.63, 3.8) is 0 Å². The van der Waals surface area contributed by atoms with Crippen molar-refractivity contribution in [2.45, 2.75) is 0 Å². The summed E-state index contributed by atoms with van der Waals surface area (Å²) in [7, 11) is 4.01. The van der Waals surface area contributed by atoms with E-state index in [4.69, 9.17) is 5.73 Å². The molecule has 8 heavy (non-hydrogen) atoms. The van der Waals surface area contributed by atoms with Gasteiger partial charge in [0.1, 0.15) is 0 Å². The van der Waals surface area contributed by atoms with Gasteiger partial charge in [-0.1, -0.05) is 0 Å². The molecule has 2 N–H and O–H groups in total. The van der Waals surface area contributed by atoms with Crippen molar-refractivity contribution in [2.24, 2.45) is 5.73 Å². The highest BCUT2D eigenvalue weighted by Crippen LogP contribution is 1.64. The molecule has 0 atom stereocenters. The van der Waals surface area contributed by atoms with E-state index in [2.05, 4.69) is 16.5 Å². The topological polar surface area (TPSA) is 29.3 Å². The molecule has 0 aromatic rings. The van der Waals surface area contributed by atoms with Crippen molar-refractivity contribution in [1.82, 2.24) is 4.90 Å². The Morgan fingerprint density at radius 3 is 1.75 bits per heavy atom. The number of alkyl halides is 1. The second kappa shape index (κ2) is 10.2. The molecule has 0 aliphatic carbocycles. The molecule has 0 amide bonds. The zero-order valence-electron chi connectivity index (χ0n) is 5.82. The fraction of sp³-hybridized carbons (Fsp3) is 1.00. The van der Waals surface area contributed by atoms with E-state index in [1.807, 2.05) is 14.1 Å². The van der Waals surface area contributed by atoms with Crippen LogP contribution in [0.15, 0.2) is 0 Å². The monoisotopic (exact) mass is 138 g/mol. The van der Waals surface area contributed by atoms with Crippen LogP contribution in [0.5, 0.6) is 0 Å². The summed E-state index contributed by atoms with van der Waals surface area (Å²) in [6.45, 7) is 1.74. The summed E-state index contributed by atoms with van der Waals surface area (Å²) in [6.07, 6.45) is 1.47. The number of hydrogen-bond donors (Lipinski definition) is 1. The maximum absolute atomic E-state index is 5.19. The highest BCUT2D eigenvalue weighted by atomic mass is 35.5. The van der Waals surface area contributed by atoms with Gasteiger partial charge in [0.25, 0.3) is 0 Å². The molecule has 0 radical (unpaired) electrons. The minimum Gasteiger partial charge on any atom is -0.329 e. The first-order valence-corrected chi connectivity index (χ1v) is 3.25. The minimum atomic E-state index is 0.757. The third kappa shape index (κ3) is 16.4. The summed E-state index contributed by atoms with van der Waals surface area (Å²) in [4.78, 5) is 2.06. The lowest BCUT2D eigenvalue weighted by Gasteiger charge is -2.03. The van der Waals surface area contributed by atoms with E-state index >= 15 is 0 Å². The van der Waals surface area contributed by atoms with Gasteiger partial charge in [-0.3, -0.25) is 0 Å². The smallest absolute Gasteiger partial charge is 0.0108 e. The number of rotatable bonds is 2. The molecule has 0 saturated carbocycles. The Kier molecular flexibility index (Phi) is 14.2. The number of likely N-dealkylation sites (N-methyl/N-ethyl adjacent to an activating group) is 1.